The van der Waals surface area contributed by atoms with E-state index in [0.717, 1.165) is 11.1 Å². The highest BCUT2D eigenvalue weighted by atomic mass is 16.3. The Balaban J connectivity index is 1.60. The first kappa shape index (κ1) is 16.3. The molecule has 1 aliphatic heterocycles. The number of nitrogens with one attached hydrogen (secondary N) is 2. The van der Waals surface area contributed by atoms with E-state index in [-0.39, 0.29) is 11.8 Å². The van der Waals surface area contributed by atoms with Crippen LogP contribution in [0.5, 0.6) is 0 Å². The zero-order valence-corrected chi connectivity index (χ0v) is 14.1. The van der Waals surface area contributed by atoms with Crippen molar-refractivity contribution in [2.45, 2.75) is 31.3 Å². The van der Waals surface area contributed by atoms with Crippen molar-refractivity contribution in [3.05, 3.63) is 66.1 Å². The first-order chi connectivity index (χ1) is 12.7. The molecule has 0 aliphatic carbocycles. The molecule has 1 saturated heterocycles. The molecule has 3 aromatic rings. The van der Waals surface area contributed by atoms with E-state index in [0.29, 0.717) is 30.7 Å². The number of carbonyl (C=O) groups excluding carboxylic acids is 2. The summed E-state index contributed by atoms with van der Waals surface area (Å²) in [6.45, 7) is 0. The Labute approximate surface area is 150 Å². The van der Waals surface area contributed by atoms with Gasteiger partial charge in [-0.15, -0.1) is 0 Å². The third kappa shape index (κ3) is 3.44. The van der Waals surface area contributed by atoms with Crippen LogP contribution in [0.25, 0.3) is 11.1 Å². The van der Waals surface area contributed by atoms with Gasteiger partial charge in [0.2, 0.25) is 17.7 Å². The van der Waals surface area contributed by atoms with Gasteiger partial charge >= 0.3 is 0 Å². The van der Waals surface area contributed by atoms with Crippen molar-refractivity contribution in [2.24, 2.45) is 0 Å². The molecule has 0 spiro atoms. The van der Waals surface area contributed by atoms with E-state index in [1.807, 2.05) is 54.6 Å². The summed E-state index contributed by atoms with van der Waals surface area (Å²) < 4.78 is 5.87. The molecular formula is C20H19N3O3. The van der Waals surface area contributed by atoms with Gasteiger partial charge in [-0.25, -0.2) is 4.98 Å². The molecule has 6 heteroatoms. The van der Waals surface area contributed by atoms with Crippen molar-refractivity contribution in [3.8, 4) is 0 Å². The van der Waals surface area contributed by atoms with Gasteiger partial charge in [0, 0.05) is 12.8 Å². The number of aromatic nitrogens is 1. The second kappa shape index (κ2) is 7.00. The number of nitrogens with zero attached hydrogens (tertiary/aromatic N) is 1. The van der Waals surface area contributed by atoms with Gasteiger partial charge in [0.15, 0.2) is 5.58 Å². The number of hydrogen-bond acceptors (Lipinski definition) is 4. The number of carbonyl (C=O) groups is 2. The minimum Gasteiger partial charge on any atom is -0.438 e. The Hall–Kier alpha value is -3.15. The maximum absolute atomic E-state index is 12.6. The molecule has 2 N–H and O–H groups in total. The van der Waals surface area contributed by atoms with Gasteiger partial charge < -0.3 is 15.1 Å². The molecule has 1 fully saturated rings. The van der Waals surface area contributed by atoms with E-state index in [2.05, 4.69) is 15.6 Å². The largest absolute Gasteiger partial charge is 0.438 e. The molecule has 2 amide bonds. The van der Waals surface area contributed by atoms with Gasteiger partial charge in [0.1, 0.15) is 17.6 Å². The monoisotopic (exact) mass is 349 g/mol. The normalized spacial score (nSPS) is 17.8. The van der Waals surface area contributed by atoms with Crippen molar-refractivity contribution in [3.63, 3.8) is 0 Å². The summed E-state index contributed by atoms with van der Waals surface area (Å²) >= 11 is 0. The van der Waals surface area contributed by atoms with Crippen molar-refractivity contribution in [1.82, 2.24) is 15.6 Å². The van der Waals surface area contributed by atoms with Crippen LogP contribution in [0.4, 0.5) is 0 Å². The van der Waals surface area contributed by atoms with Crippen LogP contribution in [0.1, 0.15) is 30.3 Å². The van der Waals surface area contributed by atoms with E-state index in [9.17, 15) is 9.59 Å². The van der Waals surface area contributed by atoms with Gasteiger partial charge in [-0.2, -0.15) is 0 Å². The van der Waals surface area contributed by atoms with E-state index in [1.165, 1.54) is 0 Å². The average molecular weight is 349 g/mol. The molecule has 4 rings (SSSR count). The van der Waals surface area contributed by atoms with Gasteiger partial charge in [-0.3, -0.25) is 9.59 Å². The highest BCUT2D eigenvalue weighted by molar-refractivity contribution is 5.91. The van der Waals surface area contributed by atoms with Gasteiger partial charge in [-0.1, -0.05) is 42.5 Å². The van der Waals surface area contributed by atoms with Crippen LogP contribution in [0, 0.1) is 0 Å². The number of fused-ring (bicyclic) bond motifs is 1. The van der Waals surface area contributed by atoms with Gasteiger partial charge in [-0.05, 0) is 24.1 Å². The molecule has 1 aromatic heterocycles. The fourth-order valence-electron chi connectivity index (χ4n) is 3.17. The number of rotatable bonds is 5. The predicted molar refractivity (Wildman–Crippen MR) is 96.2 cm³/mol. The molecule has 26 heavy (non-hydrogen) atoms. The SMILES string of the molecule is O=C1CCC(C(=O)NC(Cc2ccccc2)c2nc3ccccc3o2)N1. The fraction of sp³-hybridized carbons (Fsp3) is 0.250. The summed E-state index contributed by atoms with van der Waals surface area (Å²) in [5.74, 6) is 0.165. The number of hydrogen-bond donors (Lipinski definition) is 2. The molecule has 2 heterocycles. The topological polar surface area (TPSA) is 84.2 Å². The van der Waals surface area contributed by atoms with Crippen LogP contribution in [0.3, 0.4) is 0 Å². The summed E-state index contributed by atoms with van der Waals surface area (Å²) in [4.78, 5) is 28.5. The molecule has 132 valence electrons. The lowest BCUT2D eigenvalue weighted by molar-refractivity contribution is -0.126. The molecule has 6 nitrogen and oxygen atoms in total. The zero-order valence-electron chi connectivity index (χ0n) is 14.1. The van der Waals surface area contributed by atoms with Crippen LogP contribution in [0.2, 0.25) is 0 Å². The minimum atomic E-state index is -0.495. The smallest absolute Gasteiger partial charge is 0.243 e. The molecule has 0 radical (unpaired) electrons. The predicted octanol–water partition coefficient (Wildman–Crippen LogP) is 2.51. The van der Waals surface area contributed by atoms with Crippen molar-refractivity contribution in [2.75, 3.05) is 0 Å². The number of para-hydroxylation sites is 2. The van der Waals surface area contributed by atoms with Crippen molar-refractivity contribution in [1.29, 1.82) is 0 Å². The number of oxazole rings is 1. The van der Waals surface area contributed by atoms with Crippen LogP contribution in [-0.4, -0.2) is 22.8 Å². The van der Waals surface area contributed by atoms with Crippen molar-refractivity contribution >= 4 is 22.9 Å². The molecular weight excluding hydrogens is 330 g/mol. The van der Waals surface area contributed by atoms with Crippen LogP contribution < -0.4 is 10.6 Å². The summed E-state index contributed by atoms with van der Waals surface area (Å²) in [6, 6.07) is 16.5. The molecule has 0 bridgehead atoms. The fourth-order valence-corrected chi connectivity index (χ4v) is 3.17. The van der Waals surface area contributed by atoms with Crippen LogP contribution >= 0.6 is 0 Å². The lowest BCUT2D eigenvalue weighted by Gasteiger charge is -2.18. The van der Waals surface area contributed by atoms with Crippen LogP contribution in [0.15, 0.2) is 59.0 Å². The molecule has 0 saturated carbocycles. The maximum Gasteiger partial charge on any atom is 0.243 e. The van der Waals surface area contributed by atoms with Gasteiger partial charge in [0.05, 0.1) is 0 Å². The van der Waals surface area contributed by atoms with E-state index < -0.39 is 12.1 Å². The highest BCUT2D eigenvalue weighted by Crippen LogP contribution is 2.23. The molecule has 1 aliphatic rings. The summed E-state index contributed by atoms with van der Waals surface area (Å²) in [5, 5.41) is 5.69. The summed E-state index contributed by atoms with van der Waals surface area (Å²) in [6.07, 6.45) is 1.45. The third-order valence-electron chi connectivity index (χ3n) is 4.52. The first-order valence-electron chi connectivity index (χ1n) is 8.68. The Bertz CT molecular complexity index is 903. The first-order valence-corrected chi connectivity index (χ1v) is 8.68. The molecule has 2 unspecified atom stereocenters. The Morgan fingerprint density at radius 2 is 1.96 bits per heavy atom. The Morgan fingerprint density at radius 1 is 1.19 bits per heavy atom. The van der Waals surface area contributed by atoms with Gasteiger partial charge in [0.25, 0.3) is 0 Å². The van der Waals surface area contributed by atoms with E-state index >= 15 is 0 Å². The lowest BCUT2D eigenvalue weighted by Crippen LogP contribution is -2.43. The Morgan fingerprint density at radius 3 is 2.69 bits per heavy atom. The summed E-state index contributed by atoms with van der Waals surface area (Å²) in [7, 11) is 0. The number of amides is 2. The second-order valence-electron chi connectivity index (χ2n) is 6.43. The minimum absolute atomic E-state index is 0.0911. The highest BCUT2D eigenvalue weighted by Gasteiger charge is 2.30. The lowest BCUT2D eigenvalue weighted by atomic mass is 10.1. The standard InChI is InChI=1S/C20H19N3O3/c24-18-11-10-15(21-18)19(25)22-16(12-13-6-2-1-3-7-13)20-23-14-8-4-5-9-17(14)26-20/h1-9,15-16H,10-12H2,(H,21,24)(H,22,25). The van der Waals surface area contributed by atoms with E-state index in [4.69, 9.17) is 4.42 Å². The van der Waals surface area contributed by atoms with E-state index in [1.54, 1.807) is 0 Å². The van der Waals surface area contributed by atoms with Crippen molar-refractivity contribution < 1.29 is 14.0 Å². The molecule has 2 atom stereocenters. The maximum atomic E-state index is 12.6. The zero-order chi connectivity index (χ0) is 17.9. The Kier molecular flexibility index (Phi) is 4.39. The number of benzene rings is 2. The average Bonchev–Trinajstić information content (AvgIpc) is 3.28. The quantitative estimate of drug-likeness (QED) is 0.741. The van der Waals surface area contributed by atoms with Crippen LogP contribution in [-0.2, 0) is 16.0 Å². The molecule has 2 aromatic carbocycles. The second-order valence-corrected chi connectivity index (χ2v) is 6.43. The summed E-state index contributed by atoms with van der Waals surface area (Å²) in [5.41, 5.74) is 2.50. The third-order valence-corrected chi connectivity index (χ3v) is 4.52.